The molecular formula is C19H22NNaO5S. The van der Waals surface area contributed by atoms with Gasteiger partial charge in [0.2, 0.25) is 10.0 Å². The van der Waals surface area contributed by atoms with E-state index in [9.17, 15) is 18.3 Å². The van der Waals surface area contributed by atoms with Crippen molar-refractivity contribution >= 4 is 16.0 Å². The van der Waals surface area contributed by atoms with Gasteiger partial charge in [-0.15, -0.1) is 0 Å². The fourth-order valence-electron chi connectivity index (χ4n) is 2.36. The van der Waals surface area contributed by atoms with Gasteiger partial charge >= 0.3 is 29.6 Å². The second kappa shape index (κ2) is 9.71. The molecule has 6 nitrogen and oxygen atoms in total. The zero-order valence-corrected chi connectivity index (χ0v) is 18.7. The molecule has 1 N–H and O–H groups in total. The first-order valence-corrected chi connectivity index (χ1v) is 9.65. The van der Waals surface area contributed by atoms with Gasteiger partial charge in [0.05, 0.1) is 10.9 Å². The van der Waals surface area contributed by atoms with E-state index in [1.807, 2.05) is 0 Å². The van der Waals surface area contributed by atoms with Crippen molar-refractivity contribution in [1.82, 2.24) is 4.72 Å². The van der Waals surface area contributed by atoms with Crippen LogP contribution in [0.5, 0.6) is 5.75 Å². The molecule has 2 aromatic rings. The van der Waals surface area contributed by atoms with E-state index in [1.165, 1.54) is 13.8 Å². The van der Waals surface area contributed by atoms with Crippen molar-refractivity contribution in [2.24, 2.45) is 0 Å². The molecule has 0 saturated heterocycles. The van der Waals surface area contributed by atoms with E-state index in [4.69, 9.17) is 4.74 Å². The summed E-state index contributed by atoms with van der Waals surface area (Å²) in [4.78, 5) is 11.2. The number of ether oxygens (including phenoxy) is 1. The predicted molar refractivity (Wildman–Crippen MR) is 96.1 cm³/mol. The van der Waals surface area contributed by atoms with Crippen molar-refractivity contribution in [3.05, 3.63) is 60.2 Å². The normalized spacial score (nSPS) is 12.7. The molecule has 1 unspecified atom stereocenters. The largest absolute Gasteiger partial charge is 1.00 e. The Hall–Kier alpha value is -1.38. The molecule has 0 aliphatic rings. The van der Waals surface area contributed by atoms with Crippen LogP contribution >= 0.6 is 0 Å². The first-order valence-electron chi connectivity index (χ1n) is 8.17. The van der Waals surface area contributed by atoms with Gasteiger partial charge in [0.15, 0.2) is 0 Å². The van der Waals surface area contributed by atoms with Gasteiger partial charge in [0.25, 0.3) is 0 Å². The Morgan fingerprint density at radius 2 is 1.67 bits per heavy atom. The SMILES string of the molecule is CC(Cc1ccc(OC(C)(C)C(=O)[O-])cc1)NS(=O)(=O)c1ccccc1.[Na+]. The van der Waals surface area contributed by atoms with E-state index in [1.54, 1.807) is 61.5 Å². The molecule has 0 bridgehead atoms. The number of sulfonamides is 1. The second-order valence-corrected chi connectivity index (χ2v) is 8.30. The van der Waals surface area contributed by atoms with E-state index in [-0.39, 0.29) is 40.5 Å². The molecule has 140 valence electrons. The van der Waals surface area contributed by atoms with Crippen molar-refractivity contribution in [2.45, 2.75) is 43.7 Å². The summed E-state index contributed by atoms with van der Waals surface area (Å²) in [6.45, 7) is 4.61. The van der Waals surface area contributed by atoms with Crippen LogP contribution in [0, 0.1) is 0 Å². The summed E-state index contributed by atoms with van der Waals surface area (Å²) in [5.74, 6) is -0.897. The fourth-order valence-corrected chi connectivity index (χ4v) is 3.62. The quantitative estimate of drug-likeness (QED) is 0.546. The minimum atomic E-state index is -3.57. The van der Waals surface area contributed by atoms with Crippen LogP contribution in [0.1, 0.15) is 26.3 Å². The van der Waals surface area contributed by atoms with Crippen LogP contribution in [0.2, 0.25) is 0 Å². The van der Waals surface area contributed by atoms with Crippen LogP contribution < -0.4 is 44.1 Å². The average molecular weight is 399 g/mol. The fraction of sp³-hybridized carbons (Fsp3) is 0.316. The summed E-state index contributed by atoms with van der Waals surface area (Å²) in [7, 11) is -3.57. The third-order valence-electron chi connectivity index (χ3n) is 3.74. The summed E-state index contributed by atoms with van der Waals surface area (Å²) >= 11 is 0. The smallest absolute Gasteiger partial charge is 0.546 e. The summed E-state index contributed by atoms with van der Waals surface area (Å²) < 4.78 is 32.7. The van der Waals surface area contributed by atoms with Gasteiger partial charge in [-0.05, 0) is 57.0 Å². The van der Waals surface area contributed by atoms with E-state index in [2.05, 4.69) is 4.72 Å². The van der Waals surface area contributed by atoms with Gasteiger partial charge in [-0.3, -0.25) is 0 Å². The Labute approximate surface area is 182 Å². The monoisotopic (exact) mass is 399 g/mol. The second-order valence-electron chi connectivity index (χ2n) is 6.58. The predicted octanol–water partition coefficient (Wildman–Crippen LogP) is -1.49. The molecule has 0 spiro atoms. The molecular weight excluding hydrogens is 377 g/mol. The molecule has 2 aromatic carbocycles. The molecule has 2 rings (SSSR count). The summed E-state index contributed by atoms with van der Waals surface area (Å²) in [6.07, 6.45) is 0.482. The van der Waals surface area contributed by atoms with Crippen molar-refractivity contribution in [1.29, 1.82) is 0 Å². The number of aliphatic carboxylic acids is 1. The number of carboxylic acid groups (broad SMARTS) is 1. The van der Waals surface area contributed by atoms with Crippen LogP contribution in [-0.2, 0) is 21.2 Å². The standard InChI is InChI=1S/C19H23NO5S.Na/c1-14(20-26(23,24)17-7-5-4-6-8-17)13-15-9-11-16(12-10-15)25-19(2,3)18(21)22;/h4-12,14,20H,13H2,1-3H3,(H,21,22);/q;+1/p-1. The van der Waals surface area contributed by atoms with Gasteiger partial charge < -0.3 is 14.6 Å². The van der Waals surface area contributed by atoms with E-state index >= 15 is 0 Å². The Kier molecular flexibility index (Phi) is 8.50. The first-order chi connectivity index (χ1) is 12.1. The Balaban J connectivity index is 0.00000364. The molecule has 0 saturated carbocycles. The topological polar surface area (TPSA) is 95.5 Å². The van der Waals surface area contributed by atoms with Crippen LogP contribution in [0.25, 0.3) is 0 Å². The maximum absolute atomic E-state index is 12.3. The maximum Gasteiger partial charge on any atom is 1.00 e. The molecule has 8 heteroatoms. The molecule has 0 amide bonds. The van der Waals surface area contributed by atoms with Crippen LogP contribution in [0.4, 0.5) is 0 Å². The third-order valence-corrected chi connectivity index (χ3v) is 5.35. The number of carbonyl (C=O) groups is 1. The summed E-state index contributed by atoms with van der Waals surface area (Å²) in [5, 5.41) is 11.0. The van der Waals surface area contributed by atoms with E-state index < -0.39 is 21.6 Å². The van der Waals surface area contributed by atoms with Gasteiger partial charge in [0, 0.05) is 6.04 Å². The van der Waals surface area contributed by atoms with Gasteiger partial charge in [-0.25, -0.2) is 13.1 Å². The van der Waals surface area contributed by atoms with Crippen molar-refractivity contribution < 1.29 is 52.6 Å². The zero-order chi connectivity index (χ0) is 19.4. The minimum Gasteiger partial charge on any atom is -0.546 e. The van der Waals surface area contributed by atoms with Gasteiger partial charge in [-0.1, -0.05) is 30.3 Å². The average Bonchev–Trinajstić information content (AvgIpc) is 2.56. The number of rotatable bonds is 8. The minimum absolute atomic E-state index is 0. The van der Waals surface area contributed by atoms with Gasteiger partial charge in [-0.2, -0.15) is 0 Å². The van der Waals surface area contributed by atoms with Crippen LogP contribution in [-0.4, -0.2) is 26.0 Å². The number of benzene rings is 2. The number of hydrogen-bond acceptors (Lipinski definition) is 5. The molecule has 1 atom stereocenters. The number of carboxylic acids is 1. The Bertz CT molecular complexity index is 851. The number of hydrogen-bond donors (Lipinski definition) is 1. The number of nitrogens with one attached hydrogen (secondary N) is 1. The molecule has 27 heavy (non-hydrogen) atoms. The Morgan fingerprint density at radius 3 is 2.19 bits per heavy atom. The maximum atomic E-state index is 12.3. The van der Waals surface area contributed by atoms with Crippen LogP contribution in [0.3, 0.4) is 0 Å². The summed E-state index contributed by atoms with van der Waals surface area (Å²) in [5.41, 5.74) is -0.535. The zero-order valence-electron chi connectivity index (χ0n) is 15.9. The number of carbonyl (C=O) groups excluding carboxylic acids is 1. The van der Waals surface area contributed by atoms with E-state index in [0.29, 0.717) is 12.2 Å². The molecule has 0 fully saturated rings. The van der Waals surface area contributed by atoms with Gasteiger partial charge in [0.1, 0.15) is 11.4 Å². The molecule has 0 aliphatic carbocycles. The van der Waals surface area contributed by atoms with Crippen molar-refractivity contribution in [3.63, 3.8) is 0 Å². The summed E-state index contributed by atoms with van der Waals surface area (Å²) in [6, 6.07) is 14.7. The van der Waals surface area contributed by atoms with Crippen molar-refractivity contribution in [2.75, 3.05) is 0 Å². The van der Waals surface area contributed by atoms with E-state index in [0.717, 1.165) is 5.56 Å². The first kappa shape index (κ1) is 23.7. The molecule has 0 heterocycles. The Morgan fingerprint density at radius 1 is 1.11 bits per heavy atom. The molecule has 0 radical (unpaired) electrons. The molecule has 0 aromatic heterocycles. The third kappa shape index (κ3) is 6.93. The van der Waals surface area contributed by atoms with Crippen molar-refractivity contribution in [3.8, 4) is 5.75 Å². The molecule has 0 aliphatic heterocycles. The van der Waals surface area contributed by atoms with Crippen LogP contribution in [0.15, 0.2) is 59.5 Å².